The number of aromatic nitrogens is 5. The van der Waals surface area contributed by atoms with Crippen molar-refractivity contribution < 1.29 is 9.90 Å². The van der Waals surface area contributed by atoms with E-state index in [9.17, 15) is 9.90 Å². The van der Waals surface area contributed by atoms with E-state index in [1.807, 2.05) is 55.7 Å². The van der Waals surface area contributed by atoms with Gasteiger partial charge in [0.15, 0.2) is 11.0 Å². The fourth-order valence-electron chi connectivity index (χ4n) is 3.65. The molecule has 0 saturated carbocycles. The number of hydrogen-bond donors (Lipinski definition) is 1. The Hall–Kier alpha value is -3.36. The number of aryl methyl sites for hydroxylation is 1. The second kappa shape index (κ2) is 9.64. The van der Waals surface area contributed by atoms with E-state index in [1.54, 1.807) is 30.6 Å². The normalized spacial score (nSPS) is 11.7. The van der Waals surface area contributed by atoms with Crippen molar-refractivity contribution in [1.29, 1.82) is 0 Å². The van der Waals surface area contributed by atoms with E-state index < -0.39 is 5.97 Å². The average molecular weight is 480 g/mol. The summed E-state index contributed by atoms with van der Waals surface area (Å²) >= 11 is 7.08. The first-order valence-electron chi connectivity index (χ1n) is 10.3. The standard InChI is InChI=1S/C24H22ClN5O2S/c1-4-29-22(17-7-9-19(25)10-8-17)27-28-24(29)33-21(23(31)32)13-18-12-15(2)30(16(18)3)20-6-5-11-26-14-20/h5-14H,4H2,1-3H3,(H,31,32)/b21-13-. The summed E-state index contributed by atoms with van der Waals surface area (Å²) in [5, 5.41) is 19.6. The van der Waals surface area contributed by atoms with Gasteiger partial charge in [0.25, 0.3) is 0 Å². The van der Waals surface area contributed by atoms with E-state index >= 15 is 0 Å². The molecule has 168 valence electrons. The van der Waals surface area contributed by atoms with Gasteiger partial charge in [-0.15, -0.1) is 10.2 Å². The van der Waals surface area contributed by atoms with Gasteiger partial charge in [-0.1, -0.05) is 11.6 Å². The SMILES string of the molecule is CCn1c(S/C(=C\c2cc(C)n(-c3cccnc3)c2C)C(=O)O)nnc1-c1ccc(Cl)cc1. The molecule has 33 heavy (non-hydrogen) atoms. The summed E-state index contributed by atoms with van der Waals surface area (Å²) in [4.78, 5) is 16.5. The smallest absolute Gasteiger partial charge is 0.342 e. The lowest BCUT2D eigenvalue weighted by Gasteiger charge is -2.09. The molecule has 0 spiro atoms. The van der Waals surface area contributed by atoms with Gasteiger partial charge in [-0.3, -0.25) is 4.98 Å². The minimum Gasteiger partial charge on any atom is -0.477 e. The van der Waals surface area contributed by atoms with Gasteiger partial charge < -0.3 is 14.2 Å². The summed E-state index contributed by atoms with van der Waals surface area (Å²) in [6.07, 6.45) is 5.18. The molecule has 7 nitrogen and oxygen atoms in total. The number of rotatable bonds is 7. The van der Waals surface area contributed by atoms with Gasteiger partial charge in [0, 0.05) is 34.7 Å². The summed E-state index contributed by atoms with van der Waals surface area (Å²) in [6, 6.07) is 13.1. The van der Waals surface area contributed by atoms with E-state index in [-0.39, 0.29) is 4.91 Å². The van der Waals surface area contributed by atoms with Crippen LogP contribution in [0.15, 0.2) is 64.9 Å². The van der Waals surface area contributed by atoms with Gasteiger partial charge in [-0.2, -0.15) is 0 Å². The number of aliphatic carboxylic acids is 1. The first-order valence-corrected chi connectivity index (χ1v) is 11.5. The number of hydrogen-bond acceptors (Lipinski definition) is 5. The Labute approximate surface area is 200 Å². The molecule has 4 rings (SSSR count). The summed E-state index contributed by atoms with van der Waals surface area (Å²) in [7, 11) is 0. The number of carbonyl (C=O) groups is 1. The van der Waals surface area contributed by atoms with Crippen LogP contribution in [0.5, 0.6) is 0 Å². The Morgan fingerprint density at radius 2 is 1.94 bits per heavy atom. The molecule has 1 aromatic carbocycles. The average Bonchev–Trinajstić information content (AvgIpc) is 3.33. The first-order chi connectivity index (χ1) is 15.9. The predicted molar refractivity (Wildman–Crippen MR) is 131 cm³/mol. The maximum absolute atomic E-state index is 12.1. The molecular formula is C24H22ClN5O2S. The van der Waals surface area contributed by atoms with Crippen molar-refractivity contribution >= 4 is 35.4 Å². The van der Waals surface area contributed by atoms with Gasteiger partial charge in [-0.25, -0.2) is 4.79 Å². The second-order valence-electron chi connectivity index (χ2n) is 7.35. The molecule has 9 heteroatoms. The molecule has 3 heterocycles. The lowest BCUT2D eigenvalue weighted by Crippen LogP contribution is -2.03. The van der Waals surface area contributed by atoms with Crippen molar-refractivity contribution in [2.45, 2.75) is 32.5 Å². The van der Waals surface area contributed by atoms with E-state index in [0.717, 1.165) is 40.0 Å². The molecule has 0 atom stereocenters. The topological polar surface area (TPSA) is 85.8 Å². The summed E-state index contributed by atoms with van der Waals surface area (Å²) < 4.78 is 3.94. The molecule has 0 aliphatic rings. The molecule has 1 N–H and O–H groups in total. The summed E-state index contributed by atoms with van der Waals surface area (Å²) in [6.45, 7) is 6.51. The third-order valence-corrected chi connectivity index (χ3v) is 6.46. The van der Waals surface area contributed by atoms with E-state index in [2.05, 4.69) is 19.7 Å². The molecule has 0 radical (unpaired) electrons. The molecule has 0 unspecified atom stereocenters. The zero-order chi connectivity index (χ0) is 23.5. The van der Waals surface area contributed by atoms with Gasteiger partial charge >= 0.3 is 5.97 Å². The minimum atomic E-state index is -1.02. The second-order valence-corrected chi connectivity index (χ2v) is 8.79. The quantitative estimate of drug-likeness (QED) is 0.273. The van der Waals surface area contributed by atoms with Crippen LogP contribution in [0.25, 0.3) is 23.2 Å². The Balaban J connectivity index is 1.70. The maximum atomic E-state index is 12.1. The molecule has 0 bridgehead atoms. The van der Waals surface area contributed by atoms with E-state index in [1.165, 1.54) is 0 Å². The molecule has 0 saturated heterocycles. The molecule has 0 amide bonds. The van der Waals surface area contributed by atoms with Crippen LogP contribution in [0, 0.1) is 13.8 Å². The van der Waals surface area contributed by atoms with Crippen LogP contribution in [-0.4, -0.2) is 35.4 Å². The Kier molecular flexibility index (Phi) is 6.67. The van der Waals surface area contributed by atoms with Crippen LogP contribution in [0.4, 0.5) is 0 Å². The highest BCUT2D eigenvalue weighted by Gasteiger charge is 2.19. The highest BCUT2D eigenvalue weighted by molar-refractivity contribution is 8.04. The molecule has 3 aromatic heterocycles. The lowest BCUT2D eigenvalue weighted by molar-refractivity contribution is -0.131. The Bertz CT molecular complexity index is 1330. The van der Waals surface area contributed by atoms with Crippen molar-refractivity contribution in [3.05, 3.63) is 81.7 Å². The van der Waals surface area contributed by atoms with Crippen molar-refractivity contribution in [3.63, 3.8) is 0 Å². The summed E-state index contributed by atoms with van der Waals surface area (Å²) in [5.41, 5.74) is 4.53. The number of thioether (sulfide) groups is 1. The van der Waals surface area contributed by atoms with Crippen LogP contribution < -0.4 is 0 Å². The number of carboxylic acid groups (broad SMARTS) is 1. The van der Waals surface area contributed by atoms with E-state index in [4.69, 9.17) is 11.6 Å². The van der Waals surface area contributed by atoms with Gasteiger partial charge in [-0.05, 0) is 86.6 Å². The fourth-order valence-corrected chi connectivity index (χ4v) is 4.66. The van der Waals surface area contributed by atoms with Crippen molar-refractivity contribution in [2.75, 3.05) is 0 Å². The molecule has 0 aliphatic heterocycles. The lowest BCUT2D eigenvalue weighted by atomic mass is 10.2. The molecule has 0 aliphatic carbocycles. The third kappa shape index (κ3) is 4.72. The monoisotopic (exact) mass is 479 g/mol. The van der Waals surface area contributed by atoms with E-state index in [0.29, 0.717) is 22.5 Å². The highest BCUT2D eigenvalue weighted by Crippen LogP contribution is 2.32. The number of pyridine rings is 1. The Morgan fingerprint density at radius 1 is 1.18 bits per heavy atom. The number of halogens is 1. The molecular weight excluding hydrogens is 458 g/mol. The fraction of sp³-hybridized carbons (Fsp3) is 0.167. The van der Waals surface area contributed by atoms with Crippen molar-refractivity contribution in [3.8, 4) is 17.1 Å². The number of carboxylic acids is 1. The van der Waals surface area contributed by atoms with Crippen LogP contribution >= 0.6 is 23.4 Å². The minimum absolute atomic E-state index is 0.159. The van der Waals surface area contributed by atoms with Crippen molar-refractivity contribution in [2.24, 2.45) is 0 Å². The summed E-state index contributed by atoms with van der Waals surface area (Å²) in [5.74, 6) is -0.360. The van der Waals surface area contributed by atoms with Crippen LogP contribution in [0.2, 0.25) is 5.02 Å². The zero-order valence-corrected chi connectivity index (χ0v) is 19.9. The van der Waals surface area contributed by atoms with Crippen LogP contribution in [0.1, 0.15) is 23.9 Å². The third-order valence-electron chi connectivity index (χ3n) is 5.21. The number of nitrogens with zero attached hydrogens (tertiary/aromatic N) is 5. The van der Waals surface area contributed by atoms with Gasteiger partial charge in [0.2, 0.25) is 0 Å². The van der Waals surface area contributed by atoms with Crippen LogP contribution in [-0.2, 0) is 11.3 Å². The number of benzene rings is 1. The highest BCUT2D eigenvalue weighted by atomic mass is 35.5. The van der Waals surface area contributed by atoms with Gasteiger partial charge in [0.05, 0.1) is 11.9 Å². The predicted octanol–water partition coefficient (Wildman–Crippen LogP) is 5.64. The maximum Gasteiger partial charge on any atom is 0.342 e. The molecule has 4 aromatic rings. The van der Waals surface area contributed by atoms with Crippen molar-refractivity contribution in [1.82, 2.24) is 24.3 Å². The zero-order valence-electron chi connectivity index (χ0n) is 18.4. The largest absolute Gasteiger partial charge is 0.477 e. The van der Waals surface area contributed by atoms with Gasteiger partial charge in [0.1, 0.15) is 4.91 Å². The molecule has 0 fully saturated rings. The first kappa shape index (κ1) is 22.8. The van der Waals surface area contributed by atoms with Crippen LogP contribution in [0.3, 0.4) is 0 Å². The Morgan fingerprint density at radius 3 is 2.58 bits per heavy atom.